The number of benzene rings is 5. The molecule has 3 aromatic heterocycles. The predicted molar refractivity (Wildman–Crippen MR) is 148 cm³/mol. The minimum absolute atomic E-state index is 0.681. The molecule has 0 fully saturated rings. The lowest BCUT2D eigenvalue weighted by atomic mass is 10.0. The highest BCUT2D eigenvalue weighted by molar-refractivity contribution is 6.29. The van der Waals surface area contributed by atoms with Gasteiger partial charge >= 0.3 is 0 Å². The largest absolute Gasteiger partial charge is 0.309 e. The first-order valence-electron chi connectivity index (χ1n) is 12.1. The van der Waals surface area contributed by atoms with Crippen LogP contribution in [0.4, 0.5) is 0 Å². The van der Waals surface area contributed by atoms with Gasteiger partial charge in [0.1, 0.15) is 0 Å². The summed E-state index contributed by atoms with van der Waals surface area (Å²) < 4.78 is 4.57. The number of hydrogen-bond donors (Lipinski definition) is 0. The molecule has 4 nitrogen and oxygen atoms in total. The molecule has 0 spiro atoms. The van der Waals surface area contributed by atoms with Crippen LogP contribution in [0.2, 0.25) is 0 Å². The van der Waals surface area contributed by atoms with E-state index in [1.807, 2.05) is 6.07 Å². The molecule has 0 aliphatic heterocycles. The Morgan fingerprint density at radius 2 is 1.08 bits per heavy atom. The highest BCUT2D eigenvalue weighted by atomic mass is 15.1. The minimum Gasteiger partial charge on any atom is -0.309 e. The van der Waals surface area contributed by atoms with Crippen molar-refractivity contribution in [3.8, 4) is 11.6 Å². The summed E-state index contributed by atoms with van der Waals surface area (Å²) in [6.07, 6.45) is 3.60. The van der Waals surface area contributed by atoms with Crippen LogP contribution >= 0.6 is 0 Å². The van der Waals surface area contributed by atoms with Gasteiger partial charge in [-0.2, -0.15) is 0 Å². The molecule has 4 heteroatoms. The number of rotatable bonds is 2. The van der Waals surface area contributed by atoms with Crippen LogP contribution in [0.25, 0.3) is 66.0 Å². The molecule has 8 rings (SSSR count). The third-order valence-electron chi connectivity index (χ3n) is 7.20. The quantitative estimate of drug-likeness (QED) is 0.264. The number of aromatic nitrogens is 4. The van der Waals surface area contributed by atoms with E-state index in [2.05, 4.69) is 122 Å². The molecule has 5 aromatic carbocycles. The molecule has 3 heterocycles. The maximum absolute atomic E-state index is 4.60. The van der Waals surface area contributed by atoms with Crippen molar-refractivity contribution in [1.82, 2.24) is 19.1 Å². The van der Waals surface area contributed by atoms with E-state index in [0.717, 1.165) is 16.7 Å². The smallest absolute Gasteiger partial charge is 0.234 e. The predicted octanol–water partition coefficient (Wildman–Crippen LogP) is 7.82. The molecule has 36 heavy (non-hydrogen) atoms. The number of nitrogens with zero attached hydrogens (tertiary/aromatic N) is 4. The molecule has 8 aromatic rings. The van der Waals surface area contributed by atoms with Crippen LogP contribution in [-0.2, 0) is 0 Å². The van der Waals surface area contributed by atoms with Crippen LogP contribution in [0.15, 0.2) is 122 Å². The van der Waals surface area contributed by atoms with E-state index in [1.54, 1.807) is 12.4 Å². The molecule has 0 aliphatic carbocycles. The summed E-state index contributed by atoms with van der Waals surface area (Å²) in [4.78, 5) is 9.21. The summed E-state index contributed by atoms with van der Waals surface area (Å²) in [5.74, 6) is 0.681. The van der Waals surface area contributed by atoms with Crippen molar-refractivity contribution in [3.05, 3.63) is 122 Å². The van der Waals surface area contributed by atoms with Crippen molar-refractivity contribution < 1.29 is 0 Å². The van der Waals surface area contributed by atoms with Crippen LogP contribution in [0.1, 0.15) is 0 Å². The Morgan fingerprint density at radius 1 is 0.444 bits per heavy atom. The third-order valence-corrected chi connectivity index (χ3v) is 7.20. The van der Waals surface area contributed by atoms with Gasteiger partial charge in [-0.25, -0.2) is 9.97 Å². The summed E-state index contributed by atoms with van der Waals surface area (Å²) in [5.41, 5.74) is 5.76. The zero-order chi connectivity index (χ0) is 23.6. The fourth-order valence-corrected chi connectivity index (χ4v) is 5.73. The highest BCUT2D eigenvalue weighted by Crippen LogP contribution is 2.42. The van der Waals surface area contributed by atoms with Gasteiger partial charge in [-0.15, -0.1) is 0 Å². The third kappa shape index (κ3) is 2.58. The summed E-state index contributed by atoms with van der Waals surface area (Å²) >= 11 is 0. The van der Waals surface area contributed by atoms with E-state index < -0.39 is 0 Å². The van der Waals surface area contributed by atoms with Gasteiger partial charge in [0.15, 0.2) is 0 Å². The minimum atomic E-state index is 0.681. The first-order valence-corrected chi connectivity index (χ1v) is 12.1. The van der Waals surface area contributed by atoms with E-state index >= 15 is 0 Å². The van der Waals surface area contributed by atoms with Gasteiger partial charge in [-0.1, -0.05) is 60.7 Å². The SMILES string of the molecule is c1ccc(-n2c3cc4ccccc4cc3c3c4c5ccccc5n(-c5ncccn5)c4ccc32)cc1. The highest BCUT2D eigenvalue weighted by Gasteiger charge is 2.21. The molecule has 0 atom stereocenters. The van der Waals surface area contributed by atoms with E-state index in [4.69, 9.17) is 0 Å². The zero-order valence-electron chi connectivity index (χ0n) is 19.3. The Balaban J connectivity index is 1.65. The van der Waals surface area contributed by atoms with Crippen molar-refractivity contribution in [2.24, 2.45) is 0 Å². The number of hydrogen-bond acceptors (Lipinski definition) is 2. The maximum atomic E-state index is 4.60. The van der Waals surface area contributed by atoms with Gasteiger partial charge in [0.05, 0.1) is 22.1 Å². The zero-order valence-corrected chi connectivity index (χ0v) is 19.3. The summed E-state index contributed by atoms with van der Waals surface area (Å²) in [6, 6.07) is 38.8. The van der Waals surface area contributed by atoms with E-state index in [0.29, 0.717) is 5.95 Å². The topological polar surface area (TPSA) is 35.6 Å². The number of para-hydroxylation sites is 2. The summed E-state index contributed by atoms with van der Waals surface area (Å²) in [6.45, 7) is 0. The lowest BCUT2D eigenvalue weighted by molar-refractivity contribution is 0.988. The molecule has 0 aliphatic rings. The van der Waals surface area contributed by atoms with E-state index in [-0.39, 0.29) is 0 Å². The molecule has 0 unspecified atom stereocenters. The van der Waals surface area contributed by atoms with E-state index in [9.17, 15) is 0 Å². The van der Waals surface area contributed by atoms with Crippen LogP contribution in [0.3, 0.4) is 0 Å². The first kappa shape index (κ1) is 19.4. The van der Waals surface area contributed by atoms with Crippen LogP contribution in [0.5, 0.6) is 0 Å². The normalized spacial score (nSPS) is 11.9. The molecule has 168 valence electrons. The van der Waals surface area contributed by atoms with Crippen LogP contribution in [0, 0.1) is 0 Å². The van der Waals surface area contributed by atoms with Crippen LogP contribution < -0.4 is 0 Å². The van der Waals surface area contributed by atoms with Crippen molar-refractivity contribution >= 4 is 54.4 Å². The second kappa shape index (κ2) is 7.27. The molecular formula is C32H20N4. The molecule has 0 saturated carbocycles. The van der Waals surface area contributed by atoms with Gasteiger partial charge in [0.2, 0.25) is 5.95 Å². The maximum Gasteiger partial charge on any atom is 0.234 e. The van der Waals surface area contributed by atoms with Gasteiger partial charge in [-0.3, -0.25) is 4.57 Å². The van der Waals surface area contributed by atoms with Crippen molar-refractivity contribution in [2.45, 2.75) is 0 Å². The Hall–Kier alpha value is -4.96. The Bertz CT molecular complexity index is 2080. The second-order valence-corrected chi connectivity index (χ2v) is 9.14. The number of fused-ring (bicyclic) bond motifs is 8. The Morgan fingerprint density at radius 3 is 1.89 bits per heavy atom. The average molecular weight is 461 g/mol. The Kier molecular flexibility index (Phi) is 3.91. The second-order valence-electron chi connectivity index (χ2n) is 9.14. The van der Waals surface area contributed by atoms with Gasteiger partial charge in [0.25, 0.3) is 0 Å². The van der Waals surface area contributed by atoms with Crippen LogP contribution in [-0.4, -0.2) is 19.1 Å². The molecule has 0 saturated heterocycles. The fraction of sp³-hybridized carbons (Fsp3) is 0. The van der Waals surface area contributed by atoms with Gasteiger partial charge in [0, 0.05) is 39.6 Å². The molecule has 0 amide bonds. The molecule has 0 bridgehead atoms. The lowest BCUT2D eigenvalue weighted by Gasteiger charge is -2.08. The monoisotopic (exact) mass is 460 g/mol. The van der Waals surface area contributed by atoms with Crippen molar-refractivity contribution in [1.29, 1.82) is 0 Å². The fourth-order valence-electron chi connectivity index (χ4n) is 5.73. The van der Waals surface area contributed by atoms with Gasteiger partial charge < -0.3 is 4.57 Å². The standard InChI is InChI=1S/C32H20N4/c1-2-11-23(12-3-1)35-27-15-16-28-30(31(27)25-19-21-9-4-5-10-22(21)20-29(25)35)24-13-6-7-14-26(24)36(28)32-33-17-8-18-34-32/h1-20H. The van der Waals surface area contributed by atoms with E-state index in [1.165, 1.54) is 43.4 Å². The lowest BCUT2D eigenvalue weighted by Crippen LogP contribution is -1.99. The Labute approximate surface area is 206 Å². The van der Waals surface area contributed by atoms with Gasteiger partial charge in [-0.05, 0) is 59.3 Å². The van der Waals surface area contributed by atoms with Crippen molar-refractivity contribution in [3.63, 3.8) is 0 Å². The molecule has 0 radical (unpaired) electrons. The first-order chi connectivity index (χ1) is 17.9. The average Bonchev–Trinajstić information content (AvgIpc) is 3.45. The summed E-state index contributed by atoms with van der Waals surface area (Å²) in [7, 11) is 0. The molecular weight excluding hydrogens is 440 g/mol. The van der Waals surface area contributed by atoms with Crippen molar-refractivity contribution in [2.75, 3.05) is 0 Å². The summed E-state index contributed by atoms with van der Waals surface area (Å²) in [5, 5.41) is 7.40. The molecule has 0 N–H and O–H groups in total.